The summed E-state index contributed by atoms with van der Waals surface area (Å²) in [5, 5.41) is 8.99. The van der Waals surface area contributed by atoms with E-state index in [-0.39, 0.29) is 5.92 Å². The number of allylic oxidation sites excluding steroid dienone is 2. The minimum Gasteiger partial charge on any atom is -0.481 e. The zero-order valence-corrected chi connectivity index (χ0v) is 15.1. The molecule has 0 aliphatic heterocycles. The molecule has 0 aromatic heterocycles. The van der Waals surface area contributed by atoms with Crippen LogP contribution in [0.1, 0.15) is 79.6 Å². The fourth-order valence-corrected chi connectivity index (χ4v) is 5.29. The molecule has 22 heavy (non-hydrogen) atoms. The molecular formula is C20H34O2. The summed E-state index contributed by atoms with van der Waals surface area (Å²) in [7, 11) is 0. The van der Waals surface area contributed by atoms with Crippen molar-refractivity contribution in [2.45, 2.75) is 79.6 Å². The molecule has 2 nitrogen and oxygen atoms in total. The molecule has 0 amide bonds. The van der Waals surface area contributed by atoms with Crippen LogP contribution < -0.4 is 0 Å². The van der Waals surface area contributed by atoms with Gasteiger partial charge >= 0.3 is 5.97 Å². The molecule has 2 heteroatoms. The van der Waals surface area contributed by atoms with Crippen LogP contribution in [0.5, 0.6) is 0 Å². The van der Waals surface area contributed by atoms with E-state index in [0.717, 1.165) is 18.3 Å². The van der Waals surface area contributed by atoms with Gasteiger partial charge in [-0.05, 0) is 74.0 Å². The molecule has 0 spiro atoms. The van der Waals surface area contributed by atoms with E-state index < -0.39 is 5.97 Å². The van der Waals surface area contributed by atoms with Crippen LogP contribution in [0, 0.1) is 28.6 Å². The molecule has 0 radical (unpaired) electrons. The van der Waals surface area contributed by atoms with Crippen LogP contribution in [0.2, 0.25) is 0 Å². The van der Waals surface area contributed by atoms with Gasteiger partial charge in [0, 0.05) is 6.42 Å². The number of carboxylic acids is 1. The van der Waals surface area contributed by atoms with Crippen molar-refractivity contribution >= 4 is 5.97 Å². The molecule has 5 atom stereocenters. The number of aliphatic carboxylic acids is 1. The van der Waals surface area contributed by atoms with Gasteiger partial charge in [0.1, 0.15) is 0 Å². The van der Waals surface area contributed by atoms with Crippen LogP contribution >= 0.6 is 0 Å². The first-order chi connectivity index (χ1) is 10.2. The van der Waals surface area contributed by atoms with Crippen molar-refractivity contribution in [2.24, 2.45) is 28.6 Å². The standard InChI is InChI=1S/C20H34O2/c1-14(13-18(21)22)9-11-19(4)16(3)10-12-20(5)15(2)7-6-8-17(19)20/h7,14,16-17H,6,8-13H2,1-5H3,(H,21,22)/t14?,16-,17-,19+,20+/m1/s1. The van der Waals surface area contributed by atoms with Crippen molar-refractivity contribution in [1.29, 1.82) is 0 Å². The highest BCUT2D eigenvalue weighted by Crippen LogP contribution is 2.61. The molecule has 2 rings (SSSR count). The maximum absolute atomic E-state index is 10.9. The van der Waals surface area contributed by atoms with Crippen molar-refractivity contribution in [1.82, 2.24) is 0 Å². The average Bonchev–Trinajstić information content (AvgIpc) is 2.43. The van der Waals surface area contributed by atoms with E-state index in [1.165, 1.54) is 32.1 Å². The topological polar surface area (TPSA) is 37.3 Å². The van der Waals surface area contributed by atoms with Crippen LogP contribution in [-0.4, -0.2) is 11.1 Å². The summed E-state index contributed by atoms with van der Waals surface area (Å²) in [4.78, 5) is 10.9. The van der Waals surface area contributed by atoms with Crippen molar-refractivity contribution in [3.63, 3.8) is 0 Å². The predicted octanol–water partition coefficient (Wildman–Crippen LogP) is 5.68. The lowest BCUT2D eigenvalue weighted by Gasteiger charge is -2.58. The van der Waals surface area contributed by atoms with Gasteiger partial charge in [-0.3, -0.25) is 4.79 Å². The van der Waals surface area contributed by atoms with E-state index in [1.807, 2.05) is 0 Å². The predicted molar refractivity (Wildman–Crippen MR) is 91.7 cm³/mol. The Morgan fingerprint density at radius 2 is 2.09 bits per heavy atom. The Kier molecular flexibility index (Phi) is 5.09. The molecule has 0 heterocycles. The zero-order chi connectivity index (χ0) is 16.5. The van der Waals surface area contributed by atoms with Gasteiger partial charge in [-0.15, -0.1) is 0 Å². The Hall–Kier alpha value is -0.790. The molecule has 1 fully saturated rings. The SMILES string of the molecule is CC1=CCC[C@@H]2[C@@](C)(CCC(C)CC(=O)O)[C@H](C)CC[C@@]12C. The lowest BCUT2D eigenvalue weighted by molar-refractivity contribution is -0.138. The van der Waals surface area contributed by atoms with Crippen molar-refractivity contribution < 1.29 is 9.90 Å². The Morgan fingerprint density at radius 1 is 1.41 bits per heavy atom. The molecule has 0 saturated heterocycles. The zero-order valence-electron chi connectivity index (χ0n) is 15.1. The minimum atomic E-state index is -0.657. The lowest BCUT2D eigenvalue weighted by atomic mass is 9.47. The maximum Gasteiger partial charge on any atom is 0.303 e. The molecule has 1 N–H and O–H groups in total. The first-order valence-corrected chi connectivity index (χ1v) is 9.09. The van der Waals surface area contributed by atoms with Crippen LogP contribution in [0.25, 0.3) is 0 Å². The summed E-state index contributed by atoms with van der Waals surface area (Å²) in [5.41, 5.74) is 2.32. The van der Waals surface area contributed by atoms with Gasteiger partial charge in [0.25, 0.3) is 0 Å². The lowest BCUT2D eigenvalue weighted by Crippen LogP contribution is -2.49. The second-order valence-corrected chi connectivity index (χ2v) is 8.62. The van der Waals surface area contributed by atoms with Crippen molar-refractivity contribution in [2.75, 3.05) is 0 Å². The van der Waals surface area contributed by atoms with E-state index >= 15 is 0 Å². The molecule has 126 valence electrons. The Bertz CT molecular complexity index is 453. The number of carboxylic acid groups (broad SMARTS) is 1. The highest BCUT2D eigenvalue weighted by molar-refractivity contribution is 5.66. The minimum absolute atomic E-state index is 0.287. The normalized spacial score (nSPS) is 39.8. The van der Waals surface area contributed by atoms with Gasteiger partial charge in [-0.1, -0.05) is 39.3 Å². The van der Waals surface area contributed by atoms with Crippen LogP contribution in [-0.2, 0) is 4.79 Å². The van der Waals surface area contributed by atoms with Gasteiger partial charge in [-0.25, -0.2) is 0 Å². The Balaban J connectivity index is 2.15. The fraction of sp³-hybridized carbons (Fsp3) is 0.850. The first-order valence-electron chi connectivity index (χ1n) is 9.09. The molecule has 0 aromatic rings. The van der Waals surface area contributed by atoms with E-state index in [9.17, 15) is 4.79 Å². The maximum atomic E-state index is 10.9. The molecule has 1 unspecified atom stereocenters. The van der Waals surface area contributed by atoms with Crippen LogP contribution in [0.15, 0.2) is 11.6 Å². The van der Waals surface area contributed by atoms with Gasteiger partial charge in [0.15, 0.2) is 0 Å². The van der Waals surface area contributed by atoms with Crippen LogP contribution in [0.4, 0.5) is 0 Å². The summed E-state index contributed by atoms with van der Waals surface area (Å²) < 4.78 is 0. The summed E-state index contributed by atoms with van der Waals surface area (Å²) in [6, 6.07) is 0. The average molecular weight is 306 g/mol. The third-order valence-electron chi connectivity index (χ3n) is 7.29. The quantitative estimate of drug-likeness (QED) is 0.664. The summed E-state index contributed by atoms with van der Waals surface area (Å²) in [5.74, 6) is 1.13. The molecule has 2 aliphatic carbocycles. The van der Waals surface area contributed by atoms with Gasteiger partial charge in [-0.2, -0.15) is 0 Å². The number of fused-ring (bicyclic) bond motifs is 1. The summed E-state index contributed by atoms with van der Waals surface area (Å²) >= 11 is 0. The highest BCUT2D eigenvalue weighted by Gasteiger charge is 2.52. The Morgan fingerprint density at radius 3 is 2.73 bits per heavy atom. The summed E-state index contributed by atoms with van der Waals surface area (Å²) in [6.07, 6.45) is 10.1. The summed E-state index contributed by atoms with van der Waals surface area (Å²) in [6.45, 7) is 11.8. The van der Waals surface area contributed by atoms with Crippen molar-refractivity contribution in [3.05, 3.63) is 11.6 Å². The van der Waals surface area contributed by atoms with Crippen LogP contribution in [0.3, 0.4) is 0 Å². The molecule has 0 bridgehead atoms. The molecule has 2 aliphatic rings. The van der Waals surface area contributed by atoms with Gasteiger partial charge < -0.3 is 5.11 Å². The molecular weight excluding hydrogens is 272 g/mol. The van der Waals surface area contributed by atoms with E-state index in [0.29, 0.717) is 17.3 Å². The fourth-order valence-electron chi connectivity index (χ4n) is 5.29. The van der Waals surface area contributed by atoms with E-state index in [2.05, 4.69) is 40.7 Å². The van der Waals surface area contributed by atoms with Gasteiger partial charge in [0.05, 0.1) is 0 Å². The monoisotopic (exact) mass is 306 g/mol. The smallest absolute Gasteiger partial charge is 0.303 e. The number of hydrogen-bond acceptors (Lipinski definition) is 1. The first kappa shape index (κ1) is 17.6. The third-order valence-corrected chi connectivity index (χ3v) is 7.29. The number of carbonyl (C=O) groups is 1. The second kappa shape index (κ2) is 6.37. The largest absolute Gasteiger partial charge is 0.481 e. The number of hydrogen-bond donors (Lipinski definition) is 1. The van der Waals surface area contributed by atoms with E-state index in [1.54, 1.807) is 5.57 Å². The highest BCUT2D eigenvalue weighted by atomic mass is 16.4. The molecule has 1 saturated carbocycles. The third kappa shape index (κ3) is 3.12. The van der Waals surface area contributed by atoms with Crippen molar-refractivity contribution in [3.8, 4) is 0 Å². The molecule has 0 aromatic carbocycles. The van der Waals surface area contributed by atoms with E-state index in [4.69, 9.17) is 5.11 Å². The van der Waals surface area contributed by atoms with Gasteiger partial charge in [0.2, 0.25) is 0 Å². The Labute approximate surface area is 136 Å². The second-order valence-electron chi connectivity index (χ2n) is 8.62. The number of rotatable bonds is 5.